The van der Waals surface area contributed by atoms with Crippen LogP contribution in [0.3, 0.4) is 0 Å². The van der Waals surface area contributed by atoms with Crippen molar-refractivity contribution in [1.82, 2.24) is 0 Å². The van der Waals surface area contributed by atoms with Gasteiger partial charge in [0.25, 0.3) is 0 Å². The van der Waals surface area contributed by atoms with Crippen molar-refractivity contribution in [2.45, 2.75) is 71.0 Å². The lowest BCUT2D eigenvalue weighted by Gasteiger charge is -2.44. The lowest BCUT2D eigenvalue weighted by atomic mass is 9.64. The fourth-order valence-electron chi connectivity index (χ4n) is 6.10. The molecule has 0 radical (unpaired) electrons. The van der Waals surface area contributed by atoms with Gasteiger partial charge in [-0.05, 0) is 63.2 Å². The second-order valence-corrected chi connectivity index (χ2v) is 8.17. The van der Waals surface area contributed by atoms with E-state index in [0.717, 1.165) is 19.3 Å². The third-order valence-corrected chi connectivity index (χ3v) is 7.08. The van der Waals surface area contributed by atoms with Crippen molar-refractivity contribution in [2.75, 3.05) is 7.11 Å². The first kappa shape index (κ1) is 12.9. The highest BCUT2D eigenvalue weighted by Crippen LogP contribution is 2.75. The Bertz CT molecular complexity index is 373. The van der Waals surface area contributed by atoms with Crippen LogP contribution in [0.2, 0.25) is 0 Å². The second-order valence-electron chi connectivity index (χ2n) is 8.17. The van der Waals surface area contributed by atoms with E-state index in [1.165, 1.54) is 12.8 Å². The zero-order valence-electron chi connectivity index (χ0n) is 12.5. The number of ether oxygens (including phenoxy) is 1. The molecule has 3 aliphatic rings. The molecule has 104 valence electrons. The van der Waals surface area contributed by atoms with Crippen LogP contribution in [0.4, 0.5) is 0 Å². The van der Waals surface area contributed by atoms with E-state index in [9.17, 15) is 5.11 Å². The van der Waals surface area contributed by atoms with Crippen LogP contribution in [0.15, 0.2) is 0 Å². The average Bonchev–Trinajstić information content (AvgIpc) is 2.79. The van der Waals surface area contributed by atoms with Gasteiger partial charge < -0.3 is 9.84 Å². The maximum Gasteiger partial charge on any atom is 0.0685 e. The molecule has 0 bridgehead atoms. The molecular formula is C16H28O2. The van der Waals surface area contributed by atoms with Gasteiger partial charge in [0.05, 0.1) is 11.2 Å². The summed E-state index contributed by atoms with van der Waals surface area (Å²) in [4.78, 5) is 0. The molecule has 3 saturated carbocycles. The quantitative estimate of drug-likeness (QED) is 0.775. The lowest BCUT2D eigenvalue weighted by molar-refractivity contribution is -0.108. The molecule has 0 aromatic heterocycles. The Balaban J connectivity index is 2.12. The molecule has 1 spiro atoms. The van der Waals surface area contributed by atoms with Crippen LogP contribution in [0, 0.1) is 22.7 Å². The summed E-state index contributed by atoms with van der Waals surface area (Å²) in [6.07, 6.45) is 5.62. The highest BCUT2D eigenvalue weighted by molar-refractivity contribution is 5.23. The first-order valence-electron chi connectivity index (χ1n) is 7.47. The van der Waals surface area contributed by atoms with Gasteiger partial charge in [0.1, 0.15) is 0 Å². The molecule has 18 heavy (non-hydrogen) atoms. The van der Waals surface area contributed by atoms with E-state index in [-0.39, 0.29) is 11.0 Å². The molecule has 0 aromatic carbocycles. The van der Waals surface area contributed by atoms with Crippen molar-refractivity contribution in [3.8, 4) is 0 Å². The normalized spacial score (nSPS) is 57.7. The minimum absolute atomic E-state index is 0.0274. The van der Waals surface area contributed by atoms with Crippen molar-refractivity contribution >= 4 is 0 Å². The lowest BCUT2D eigenvalue weighted by Crippen LogP contribution is -2.48. The monoisotopic (exact) mass is 252 g/mol. The Labute approximate surface area is 111 Å². The van der Waals surface area contributed by atoms with E-state index in [1.807, 2.05) is 7.11 Å². The Hall–Kier alpha value is -0.0800. The molecule has 2 heteroatoms. The molecule has 0 aromatic rings. The van der Waals surface area contributed by atoms with Gasteiger partial charge in [-0.3, -0.25) is 0 Å². The van der Waals surface area contributed by atoms with Gasteiger partial charge >= 0.3 is 0 Å². The van der Waals surface area contributed by atoms with E-state index in [1.54, 1.807) is 0 Å². The molecule has 2 nitrogen and oxygen atoms in total. The number of aliphatic hydroxyl groups is 1. The molecule has 1 N–H and O–H groups in total. The Morgan fingerprint density at radius 1 is 1.00 bits per heavy atom. The van der Waals surface area contributed by atoms with Crippen molar-refractivity contribution in [2.24, 2.45) is 22.7 Å². The largest absolute Gasteiger partial charge is 0.390 e. The third-order valence-electron chi connectivity index (χ3n) is 7.08. The SMILES string of the molecule is COC1(C)CCC23[C@H](CC[C@@]2(C)O)C(C)(C)C[C@@H]13. The number of rotatable bonds is 1. The predicted molar refractivity (Wildman–Crippen MR) is 72.3 cm³/mol. The smallest absolute Gasteiger partial charge is 0.0685 e. The molecule has 2 unspecified atom stereocenters. The summed E-state index contributed by atoms with van der Waals surface area (Å²) < 4.78 is 5.89. The molecule has 5 atom stereocenters. The van der Waals surface area contributed by atoms with Crippen molar-refractivity contribution in [1.29, 1.82) is 0 Å². The molecule has 0 amide bonds. The summed E-state index contributed by atoms with van der Waals surface area (Å²) in [5.74, 6) is 1.19. The van der Waals surface area contributed by atoms with Crippen molar-refractivity contribution < 1.29 is 9.84 Å². The van der Waals surface area contributed by atoms with Crippen LogP contribution in [0.1, 0.15) is 59.8 Å². The minimum atomic E-state index is -0.494. The fraction of sp³-hybridized carbons (Fsp3) is 1.00. The van der Waals surface area contributed by atoms with Crippen LogP contribution in [0.25, 0.3) is 0 Å². The van der Waals surface area contributed by atoms with Crippen molar-refractivity contribution in [3.63, 3.8) is 0 Å². The highest BCUT2D eigenvalue weighted by Gasteiger charge is 2.74. The Morgan fingerprint density at radius 2 is 1.67 bits per heavy atom. The number of hydrogen-bond donors (Lipinski definition) is 1. The van der Waals surface area contributed by atoms with Crippen LogP contribution in [-0.4, -0.2) is 23.4 Å². The summed E-state index contributed by atoms with van der Waals surface area (Å²) in [7, 11) is 1.85. The van der Waals surface area contributed by atoms with Gasteiger partial charge in [-0.25, -0.2) is 0 Å². The van der Waals surface area contributed by atoms with Crippen LogP contribution in [0.5, 0.6) is 0 Å². The van der Waals surface area contributed by atoms with Gasteiger partial charge in [-0.2, -0.15) is 0 Å². The summed E-state index contributed by atoms with van der Waals surface area (Å²) in [6, 6.07) is 0. The predicted octanol–water partition coefficient (Wildman–Crippen LogP) is 3.38. The first-order valence-corrected chi connectivity index (χ1v) is 7.47. The van der Waals surface area contributed by atoms with Crippen LogP contribution in [-0.2, 0) is 4.74 Å². The summed E-state index contributed by atoms with van der Waals surface area (Å²) in [6.45, 7) is 9.15. The Morgan fingerprint density at radius 3 is 2.28 bits per heavy atom. The van der Waals surface area contributed by atoms with Crippen molar-refractivity contribution in [3.05, 3.63) is 0 Å². The van der Waals surface area contributed by atoms with Gasteiger partial charge in [0.15, 0.2) is 0 Å². The maximum absolute atomic E-state index is 11.0. The highest BCUT2D eigenvalue weighted by atomic mass is 16.5. The van der Waals surface area contributed by atoms with Gasteiger partial charge in [0, 0.05) is 12.5 Å². The molecule has 3 aliphatic carbocycles. The fourth-order valence-corrected chi connectivity index (χ4v) is 6.10. The standard InChI is InChI=1S/C16H28O2/c1-13(2)10-12-14(3,18-5)8-9-16(12)11(13)6-7-15(16,4)17/h11-12,17H,6-10H2,1-5H3/t11-,12+,14?,15-,16?/m1/s1. The molecule has 0 aliphatic heterocycles. The van der Waals surface area contributed by atoms with Gasteiger partial charge in [-0.1, -0.05) is 13.8 Å². The van der Waals surface area contributed by atoms with E-state index in [0.29, 0.717) is 17.3 Å². The van der Waals surface area contributed by atoms with E-state index in [2.05, 4.69) is 27.7 Å². The van der Waals surface area contributed by atoms with E-state index in [4.69, 9.17) is 4.74 Å². The Kier molecular flexibility index (Phi) is 2.39. The maximum atomic E-state index is 11.0. The van der Waals surface area contributed by atoms with Crippen LogP contribution < -0.4 is 0 Å². The summed E-state index contributed by atoms with van der Waals surface area (Å²) in [5.41, 5.74) is -0.0562. The number of hydrogen-bond acceptors (Lipinski definition) is 2. The third kappa shape index (κ3) is 1.22. The van der Waals surface area contributed by atoms with E-state index >= 15 is 0 Å². The summed E-state index contributed by atoms with van der Waals surface area (Å²) in [5, 5.41) is 11.0. The topological polar surface area (TPSA) is 29.5 Å². The van der Waals surface area contributed by atoms with Crippen LogP contribution >= 0.6 is 0 Å². The molecule has 3 rings (SSSR count). The van der Waals surface area contributed by atoms with E-state index < -0.39 is 5.60 Å². The second kappa shape index (κ2) is 3.32. The average molecular weight is 252 g/mol. The minimum Gasteiger partial charge on any atom is -0.390 e. The molecule has 0 saturated heterocycles. The van der Waals surface area contributed by atoms with Gasteiger partial charge in [0.2, 0.25) is 0 Å². The molecule has 0 heterocycles. The molecule has 3 fully saturated rings. The summed E-state index contributed by atoms with van der Waals surface area (Å²) >= 11 is 0. The van der Waals surface area contributed by atoms with Gasteiger partial charge in [-0.15, -0.1) is 0 Å². The number of methoxy groups -OCH3 is 1. The zero-order valence-corrected chi connectivity index (χ0v) is 12.5. The first-order chi connectivity index (χ1) is 8.20. The zero-order chi connectivity index (χ0) is 13.4. The molecular weight excluding hydrogens is 224 g/mol.